The molecule has 3 rings (SSSR count). The highest BCUT2D eigenvalue weighted by atomic mass is 16.3. The van der Waals surface area contributed by atoms with E-state index in [4.69, 9.17) is 4.42 Å². The average Bonchev–Trinajstić information content (AvgIpc) is 3.08. The molecule has 5 nitrogen and oxygen atoms in total. The van der Waals surface area contributed by atoms with Gasteiger partial charge in [-0.05, 0) is 49.1 Å². The molecule has 23 heavy (non-hydrogen) atoms. The third-order valence-electron chi connectivity index (χ3n) is 3.94. The standard InChI is InChI=1S/C18H20N2O3/c1-2-5-17(21)19-14-9-8-13-6-3-10-20(15(13)12-14)18(22)16-7-4-11-23-16/h4,7-9,11-12H,2-3,5-6,10H2,1H3,(H,19,21). The van der Waals surface area contributed by atoms with E-state index in [2.05, 4.69) is 5.32 Å². The van der Waals surface area contributed by atoms with Crippen LogP contribution in [0.15, 0.2) is 41.0 Å². The Bertz CT molecular complexity index is 707. The summed E-state index contributed by atoms with van der Waals surface area (Å²) >= 11 is 0. The van der Waals surface area contributed by atoms with E-state index in [1.807, 2.05) is 25.1 Å². The smallest absolute Gasteiger partial charge is 0.293 e. The first-order chi connectivity index (χ1) is 11.2. The number of hydrogen-bond acceptors (Lipinski definition) is 3. The Labute approximate surface area is 135 Å². The first-order valence-electron chi connectivity index (χ1n) is 7.97. The van der Waals surface area contributed by atoms with E-state index < -0.39 is 0 Å². The highest BCUT2D eigenvalue weighted by Crippen LogP contribution is 2.31. The van der Waals surface area contributed by atoms with Gasteiger partial charge in [0.15, 0.2) is 5.76 Å². The minimum atomic E-state index is -0.145. The Kier molecular flexibility index (Phi) is 4.46. The lowest BCUT2D eigenvalue weighted by Crippen LogP contribution is -2.35. The molecule has 120 valence electrons. The first-order valence-corrected chi connectivity index (χ1v) is 7.97. The van der Waals surface area contributed by atoms with Crippen molar-refractivity contribution in [3.05, 3.63) is 47.9 Å². The van der Waals surface area contributed by atoms with Gasteiger partial charge in [0.2, 0.25) is 5.91 Å². The molecule has 0 atom stereocenters. The summed E-state index contributed by atoms with van der Waals surface area (Å²) in [6, 6.07) is 9.14. The van der Waals surface area contributed by atoms with Crippen molar-refractivity contribution in [2.45, 2.75) is 32.6 Å². The van der Waals surface area contributed by atoms with Gasteiger partial charge >= 0.3 is 0 Å². The number of benzene rings is 1. The Hall–Kier alpha value is -2.56. The first kappa shape index (κ1) is 15.3. The van der Waals surface area contributed by atoms with Crippen LogP contribution in [0.25, 0.3) is 0 Å². The molecule has 0 saturated carbocycles. The molecule has 0 fully saturated rings. The van der Waals surface area contributed by atoms with Gasteiger partial charge in [0.05, 0.1) is 6.26 Å². The second kappa shape index (κ2) is 6.69. The van der Waals surface area contributed by atoms with Crippen LogP contribution in [-0.2, 0) is 11.2 Å². The van der Waals surface area contributed by atoms with Crippen LogP contribution in [0.3, 0.4) is 0 Å². The summed E-state index contributed by atoms with van der Waals surface area (Å²) in [5.41, 5.74) is 2.69. The second-order valence-corrected chi connectivity index (χ2v) is 5.68. The molecule has 2 amide bonds. The summed E-state index contributed by atoms with van der Waals surface area (Å²) < 4.78 is 5.23. The number of carbonyl (C=O) groups excluding carboxylic acids is 2. The van der Waals surface area contributed by atoms with E-state index in [1.165, 1.54) is 6.26 Å². The van der Waals surface area contributed by atoms with Crippen molar-refractivity contribution in [1.29, 1.82) is 0 Å². The van der Waals surface area contributed by atoms with E-state index in [-0.39, 0.29) is 11.8 Å². The fourth-order valence-electron chi connectivity index (χ4n) is 2.85. The lowest BCUT2D eigenvalue weighted by Gasteiger charge is -2.29. The average molecular weight is 312 g/mol. The van der Waals surface area contributed by atoms with Crippen molar-refractivity contribution in [2.75, 3.05) is 16.8 Å². The van der Waals surface area contributed by atoms with Crippen molar-refractivity contribution in [2.24, 2.45) is 0 Å². The fraction of sp³-hybridized carbons (Fsp3) is 0.333. The molecule has 1 aliphatic heterocycles. The van der Waals surface area contributed by atoms with E-state index in [0.717, 1.165) is 36.2 Å². The summed E-state index contributed by atoms with van der Waals surface area (Å²) in [6.45, 7) is 2.62. The highest BCUT2D eigenvalue weighted by molar-refractivity contribution is 6.05. The molecule has 0 radical (unpaired) electrons. The van der Waals surface area contributed by atoms with Gasteiger partial charge < -0.3 is 14.6 Å². The number of anilines is 2. The zero-order valence-electron chi connectivity index (χ0n) is 13.2. The van der Waals surface area contributed by atoms with Crippen LogP contribution in [0.5, 0.6) is 0 Å². The second-order valence-electron chi connectivity index (χ2n) is 5.68. The highest BCUT2D eigenvalue weighted by Gasteiger charge is 2.25. The fourth-order valence-corrected chi connectivity index (χ4v) is 2.85. The molecule has 2 heterocycles. The molecule has 0 spiro atoms. The number of amides is 2. The van der Waals surface area contributed by atoms with Crippen molar-refractivity contribution in [3.63, 3.8) is 0 Å². The number of nitrogens with zero attached hydrogens (tertiary/aromatic N) is 1. The van der Waals surface area contributed by atoms with Gasteiger partial charge in [-0.3, -0.25) is 9.59 Å². The van der Waals surface area contributed by atoms with Crippen LogP contribution in [0.4, 0.5) is 11.4 Å². The normalized spacial score (nSPS) is 13.5. The number of furan rings is 1. The van der Waals surface area contributed by atoms with Gasteiger partial charge in [-0.1, -0.05) is 13.0 Å². The van der Waals surface area contributed by atoms with E-state index in [1.54, 1.807) is 17.0 Å². The number of hydrogen-bond donors (Lipinski definition) is 1. The van der Waals surface area contributed by atoms with Gasteiger partial charge in [-0.25, -0.2) is 0 Å². The Morgan fingerprint density at radius 1 is 1.30 bits per heavy atom. The lowest BCUT2D eigenvalue weighted by atomic mass is 10.0. The van der Waals surface area contributed by atoms with Crippen molar-refractivity contribution < 1.29 is 14.0 Å². The van der Waals surface area contributed by atoms with Crippen LogP contribution in [0.1, 0.15) is 42.3 Å². The van der Waals surface area contributed by atoms with E-state index in [9.17, 15) is 9.59 Å². The summed E-state index contributed by atoms with van der Waals surface area (Å²) in [4.78, 5) is 26.1. The SMILES string of the molecule is CCCC(=O)Nc1ccc2c(c1)N(C(=O)c1ccco1)CCC2. The Balaban J connectivity index is 1.87. The van der Waals surface area contributed by atoms with Crippen molar-refractivity contribution >= 4 is 23.2 Å². The molecule has 2 aromatic rings. The van der Waals surface area contributed by atoms with Gasteiger partial charge in [0, 0.05) is 24.3 Å². The summed E-state index contributed by atoms with van der Waals surface area (Å²) in [7, 11) is 0. The predicted molar refractivity (Wildman–Crippen MR) is 88.7 cm³/mol. The van der Waals surface area contributed by atoms with E-state index in [0.29, 0.717) is 18.7 Å². The quantitative estimate of drug-likeness (QED) is 0.938. The molecular formula is C18H20N2O3. The summed E-state index contributed by atoms with van der Waals surface area (Å²) in [6.07, 6.45) is 4.65. The van der Waals surface area contributed by atoms with E-state index >= 15 is 0 Å². The van der Waals surface area contributed by atoms with Gasteiger partial charge in [-0.15, -0.1) is 0 Å². The third kappa shape index (κ3) is 3.28. The molecule has 0 aliphatic carbocycles. The Morgan fingerprint density at radius 2 is 2.17 bits per heavy atom. The lowest BCUT2D eigenvalue weighted by molar-refractivity contribution is -0.116. The molecule has 0 unspecified atom stereocenters. The minimum absolute atomic E-state index is 0.00725. The summed E-state index contributed by atoms with van der Waals surface area (Å²) in [5.74, 6) is 0.179. The number of rotatable bonds is 4. The zero-order valence-corrected chi connectivity index (χ0v) is 13.2. The zero-order chi connectivity index (χ0) is 16.2. The maximum atomic E-state index is 12.6. The molecule has 0 saturated heterocycles. The van der Waals surface area contributed by atoms with Crippen LogP contribution in [0.2, 0.25) is 0 Å². The third-order valence-corrected chi connectivity index (χ3v) is 3.94. The van der Waals surface area contributed by atoms with Crippen molar-refractivity contribution in [1.82, 2.24) is 0 Å². The van der Waals surface area contributed by atoms with Crippen LogP contribution in [-0.4, -0.2) is 18.4 Å². The van der Waals surface area contributed by atoms with Gasteiger partial charge in [0.1, 0.15) is 0 Å². The van der Waals surface area contributed by atoms with Crippen LogP contribution in [0, 0.1) is 0 Å². The molecule has 1 aliphatic rings. The number of fused-ring (bicyclic) bond motifs is 1. The molecule has 1 aromatic carbocycles. The van der Waals surface area contributed by atoms with Gasteiger partial charge in [-0.2, -0.15) is 0 Å². The predicted octanol–water partition coefficient (Wildman–Crippen LogP) is 3.61. The summed E-state index contributed by atoms with van der Waals surface area (Å²) in [5, 5.41) is 2.89. The molecule has 1 aromatic heterocycles. The minimum Gasteiger partial charge on any atom is -0.459 e. The van der Waals surface area contributed by atoms with Crippen LogP contribution >= 0.6 is 0 Å². The van der Waals surface area contributed by atoms with Crippen molar-refractivity contribution in [3.8, 4) is 0 Å². The monoisotopic (exact) mass is 312 g/mol. The number of aryl methyl sites for hydroxylation is 1. The number of nitrogens with one attached hydrogen (secondary N) is 1. The largest absolute Gasteiger partial charge is 0.459 e. The maximum absolute atomic E-state index is 12.6. The number of carbonyl (C=O) groups is 2. The maximum Gasteiger partial charge on any atom is 0.293 e. The van der Waals surface area contributed by atoms with Crippen LogP contribution < -0.4 is 10.2 Å². The molecule has 5 heteroatoms. The molecule has 1 N–H and O–H groups in total. The topological polar surface area (TPSA) is 62.6 Å². The van der Waals surface area contributed by atoms with Gasteiger partial charge in [0.25, 0.3) is 5.91 Å². The Morgan fingerprint density at radius 3 is 2.91 bits per heavy atom. The molecule has 0 bridgehead atoms. The molecular weight excluding hydrogens is 292 g/mol.